The van der Waals surface area contributed by atoms with E-state index in [1.54, 1.807) is 37.3 Å². The van der Waals surface area contributed by atoms with Crippen LogP contribution >= 0.6 is 0 Å². The highest BCUT2D eigenvalue weighted by atomic mass is 32.2. The molecule has 3 rings (SSSR count). The topological polar surface area (TPSA) is 86.8 Å². The molecule has 0 fully saturated rings. The van der Waals surface area contributed by atoms with E-state index in [-0.39, 0.29) is 23.4 Å². The molecule has 2 amide bonds. The van der Waals surface area contributed by atoms with E-state index in [0.29, 0.717) is 12.1 Å². The zero-order valence-electron chi connectivity index (χ0n) is 23.4. The zero-order valence-corrected chi connectivity index (χ0v) is 24.2. The Bertz CT molecular complexity index is 1380. The number of para-hydroxylation sites is 1. The van der Waals surface area contributed by atoms with Gasteiger partial charge in [-0.15, -0.1) is 0 Å². The molecule has 0 unspecified atom stereocenters. The van der Waals surface area contributed by atoms with Crippen LogP contribution in [-0.2, 0) is 32.6 Å². The number of hydrogen-bond acceptors (Lipinski definition) is 4. The highest BCUT2D eigenvalue weighted by Gasteiger charge is 2.33. The Morgan fingerprint density at radius 2 is 1.44 bits per heavy atom. The molecule has 0 heterocycles. The SMILES string of the molecule is CCc1ccccc1N(CC(=O)N(Cc1ccccc1C)[C@@H](C)C(=O)N[C@H](C)CC)S(=O)(=O)c1ccccc1. The summed E-state index contributed by atoms with van der Waals surface area (Å²) in [5.41, 5.74) is 3.12. The molecular formula is C31H39N3O4S. The van der Waals surface area contributed by atoms with Crippen molar-refractivity contribution in [3.63, 3.8) is 0 Å². The molecule has 0 radical (unpaired) electrons. The van der Waals surface area contributed by atoms with Crippen LogP contribution in [0.4, 0.5) is 5.69 Å². The Hall–Kier alpha value is -3.65. The van der Waals surface area contributed by atoms with Crippen molar-refractivity contribution < 1.29 is 18.0 Å². The molecule has 39 heavy (non-hydrogen) atoms. The molecule has 0 spiro atoms. The van der Waals surface area contributed by atoms with E-state index in [1.165, 1.54) is 21.3 Å². The maximum Gasteiger partial charge on any atom is 0.264 e. The molecule has 0 aliphatic heterocycles. The Kier molecular flexibility index (Phi) is 10.3. The number of anilines is 1. The molecule has 1 N–H and O–H groups in total. The van der Waals surface area contributed by atoms with E-state index >= 15 is 0 Å². The first-order valence-corrected chi connectivity index (χ1v) is 14.8. The van der Waals surface area contributed by atoms with E-state index in [9.17, 15) is 18.0 Å². The van der Waals surface area contributed by atoms with Crippen molar-refractivity contribution in [2.24, 2.45) is 0 Å². The van der Waals surface area contributed by atoms with Gasteiger partial charge in [0, 0.05) is 12.6 Å². The summed E-state index contributed by atoms with van der Waals surface area (Å²) in [4.78, 5) is 28.8. The van der Waals surface area contributed by atoms with Crippen LogP contribution in [0.3, 0.4) is 0 Å². The van der Waals surface area contributed by atoms with Crippen molar-refractivity contribution in [1.29, 1.82) is 0 Å². The largest absolute Gasteiger partial charge is 0.352 e. The smallest absolute Gasteiger partial charge is 0.264 e. The number of aryl methyl sites for hydroxylation is 2. The van der Waals surface area contributed by atoms with Gasteiger partial charge in [0.1, 0.15) is 12.6 Å². The lowest BCUT2D eigenvalue weighted by Crippen LogP contribution is -2.52. The third kappa shape index (κ3) is 7.26. The molecule has 2 atom stereocenters. The lowest BCUT2D eigenvalue weighted by molar-refractivity contribution is -0.139. The minimum absolute atomic E-state index is 0.0539. The number of nitrogens with zero attached hydrogens (tertiary/aromatic N) is 2. The van der Waals surface area contributed by atoms with Gasteiger partial charge in [-0.3, -0.25) is 13.9 Å². The fourth-order valence-corrected chi connectivity index (χ4v) is 5.78. The fraction of sp³-hybridized carbons (Fsp3) is 0.355. The molecule has 0 saturated heterocycles. The van der Waals surface area contributed by atoms with Gasteiger partial charge in [-0.2, -0.15) is 0 Å². The summed E-state index contributed by atoms with van der Waals surface area (Å²) >= 11 is 0. The van der Waals surface area contributed by atoms with Gasteiger partial charge < -0.3 is 10.2 Å². The molecule has 0 aromatic heterocycles. The first-order valence-electron chi connectivity index (χ1n) is 13.4. The number of hydrogen-bond donors (Lipinski definition) is 1. The summed E-state index contributed by atoms with van der Waals surface area (Å²) in [6, 6.07) is 22.1. The first-order chi connectivity index (χ1) is 18.6. The van der Waals surface area contributed by atoms with Gasteiger partial charge in [-0.05, 0) is 68.5 Å². The van der Waals surface area contributed by atoms with Crippen molar-refractivity contribution in [1.82, 2.24) is 10.2 Å². The van der Waals surface area contributed by atoms with E-state index in [0.717, 1.165) is 23.1 Å². The van der Waals surface area contributed by atoms with Gasteiger partial charge in [0.15, 0.2) is 0 Å². The lowest BCUT2D eigenvalue weighted by Gasteiger charge is -2.33. The molecule has 0 aliphatic carbocycles. The van der Waals surface area contributed by atoms with Crippen LogP contribution in [0.1, 0.15) is 50.8 Å². The molecule has 3 aromatic carbocycles. The fourth-order valence-electron chi connectivity index (χ4n) is 4.31. The van der Waals surface area contributed by atoms with Gasteiger partial charge >= 0.3 is 0 Å². The Labute approximate surface area is 232 Å². The number of nitrogens with one attached hydrogen (secondary N) is 1. The van der Waals surface area contributed by atoms with Crippen molar-refractivity contribution in [2.75, 3.05) is 10.8 Å². The third-order valence-corrected chi connectivity index (χ3v) is 8.80. The maximum absolute atomic E-state index is 14.1. The van der Waals surface area contributed by atoms with Crippen LogP contribution < -0.4 is 9.62 Å². The van der Waals surface area contributed by atoms with Gasteiger partial charge in [0.2, 0.25) is 11.8 Å². The van der Waals surface area contributed by atoms with Gasteiger partial charge in [0.05, 0.1) is 10.6 Å². The molecule has 0 aliphatic rings. The minimum Gasteiger partial charge on any atom is -0.352 e. The molecule has 8 heteroatoms. The number of benzene rings is 3. The summed E-state index contributed by atoms with van der Waals surface area (Å²) in [5, 5.41) is 2.96. The van der Waals surface area contributed by atoms with Crippen LogP contribution in [0, 0.1) is 6.92 Å². The zero-order chi connectivity index (χ0) is 28.6. The number of carbonyl (C=O) groups excluding carboxylic acids is 2. The van der Waals surface area contributed by atoms with E-state index < -0.39 is 28.5 Å². The number of sulfonamides is 1. The van der Waals surface area contributed by atoms with E-state index in [1.807, 2.05) is 64.1 Å². The van der Waals surface area contributed by atoms with Crippen molar-refractivity contribution in [3.05, 3.63) is 95.6 Å². The van der Waals surface area contributed by atoms with Gasteiger partial charge in [-0.25, -0.2) is 8.42 Å². The predicted octanol–water partition coefficient (Wildman–Crippen LogP) is 5.08. The molecule has 7 nitrogen and oxygen atoms in total. The maximum atomic E-state index is 14.1. The Balaban J connectivity index is 2.06. The first kappa shape index (κ1) is 29.9. The summed E-state index contributed by atoms with van der Waals surface area (Å²) < 4.78 is 29.0. The van der Waals surface area contributed by atoms with E-state index in [2.05, 4.69) is 5.32 Å². The summed E-state index contributed by atoms with van der Waals surface area (Å²) in [5.74, 6) is -0.742. The molecular weight excluding hydrogens is 510 g/mol. The normalized spacial score (nSPS) is 12.8. The Morgan fingerprint density at radius 3 is 2.05 bits per heavy atom. The molecule has 3 aromatic rings. The van der Waals surface area contributed by atoms with Crippen molar-refractivity contribution >= 4 is 27.5 Å². The van der Waals surface area contributed by atoms with Crippen LogP contribution in [-0.4, -0.2) is 43.8 Å². The lowest BCUT2D eigenvalue weighted by atomic mass is 10.1. The molecule has 0 saturated carbocycles. The van der Waals surface area contributed by atoms with Crippen molar-refractivity contribution in [3.8, 4) is 0 Å². The van der Waals surface area contributed by atoms with Crippen LogP contribution in [0.2, 0.25) is 0 Å². The van der Waals surface area contributed by atoms with Crippen LogP contribution in [0.15, 0.2) is 83.8 Å². The summed E-state index contributed by atoms with van der Waals surface area (Å²) in [6.07, 6.45) is 1.34. The second-order valence-corrected chi connectivity index (χ2v) is 11.6. The van der Waals surface area contributed by atoms with Crippen molar-refractivity contribution in [2.45, 2.75) is 71.0 Å². The third-order valence-electron chi connectivity index (χ3n) is 7.02. The standard InChI is InChI=1S/C31H39N3O4S/c1-6-24(4)32-31(36)25(5)33(21-27-17-12-11-15-23(27)3)30(35)22-34(29-20-14-13-16-26(29)7-2)39(37,38)28-18-9-8-10-19-28/h8-20,24-25H,6-7,21-22H2,1-5H3,(H,32,36)/t24-,25+/m1/s1. The predicted molar refractivity (Wildman–Crippen MR) is 156 cm³/mol. The number of rotatable bonds is 12. The molecule has 0 bridgehead atoms. The Morgan fingerprint density at radius 1 is 0.846 bits per heavy atom. The average Bonchev–Trinajstić information content (AvgIpc) is 2.95. The summed E-state index contributed by atoms with van der Waals surface area (Å²) in [7, 11) is -4.08. The average molecular weight is 550 g/mol. The number of amides is 2. The number of carbonyl (C=O) groups is 2. The quantitative estimate of drug-likeness (QED) is 0.341. The van der Waals surface area contributed by atoms with E-state index in [4.69, 9.17) is 0 Å². The van der Waals surface area contributed by atoms with Gasteiger partial charge in [0.25, 0.3) is 10.0 Å². The van der Waals surface area contributed by atoms with Crippen LogP contribution in [0.5, 0.6) is 0 Å². The minimum atomic E-state index is -4.08. The second-order valence-electron chi connectivity index (χ2n) is 9.75. The highest BCUT2D eigenvalue weighted by Crippen LogP contribution is 2.28. The van der Waals surface area contributed by atoms with Crippen LogP contribution in [0.25, 0.3) is 0 Å². The van der Waals surface area contributed by atoms with Gasteiger partial charge in [-0.1, -0.05) is 74.5 Å². The second kappa shape index (κ2) is 13.4. The monoisotopic (exact) mass is 549 g/mol. The highest BCUT2D eigenvalue weighted by molar-refractivity contribution is 7.92. The molecule has 208 valence electrons. The summed E-state index contributed by atoms with van der Waals surface area (Å²) in [6.45, 7) is 9.20.